The van der Waals surface area contributed by atoms with Crippen molar-refractivity contribution in [1.82, 2.24) is 0 Å². The van der Waals surface area contributed by atoms with Gasteiger partial charge in [-0.2, -0.15) is 5.26 Å². The molecule has 0 aliphatic rings. The van der Waals surface area contributed by atoms with Gasteiger partial charge in [-0.05, 0) is 42.0 Å². The number of rotatable bonds is 4. The summed E-state index contributed by atoms with van der Waals surface area (Å²) >= 11 is 5.81. The summed E-state index contributed by atoms with van der Waals surface area (Å²) in [6.45, 7) is 0. The molecule has 1 amide bonds. The molecule has 2 aromatic rings. The third-order valence-electron chi connectivity index (χ3n) is 2.79. The fourth-order valence-corrected chi connectivity index (χ4v) is 1.95. The molecule has 5 heteroatoms. The van der Waals surface area contributed by atoms with Gasteiger partial charge in [0.05, 0.1) is 11.6 Å². The second-order valence-corrected chi connectivity index (χ2v) is 4.66. The molecule has 0 radical (unpaired) electrons. The van der Waals surface area contributed by atoms with Gasteiger partial charge in [0, 0.05) is 10.7 Å². The molecule has 3 N–H and O–H groups in total. The zero-order valence-corrected chi connectivity index (χ0v) is 11.3. The van der Waals surface area contributed by atoms with Crippen molar-refractivity contribution in [3.8, 4) is 6.07 Å². The van der Waals surface area contributed by atoms with Crippen molar-refractivity contribution >= 4 is 23.2 Å². The van der Waals surface area contributed by atoms with E-state index in [0.29, 0.717) is 16.1 Å². The lowest BCUT2D eigenvalue weighted by Gasteiger charge is -2.17. The van der Waals surface area contributed by atoms with E-state index in [2.05, 4.69) is 5.32 Å². The fraction of sp³-hybridized carbons (Fsp3) is 0.0667. The van der Waals surface area contributed by atoms with Crippen molar-refractivity contribution in [3.05, 3.63) is 64.7 Å². The maximum atomic E-state index is 11.6. The van der Waals surface area contributed by atoms with Crippen molar-refractivity contribution in [2.45, 2.75) is 6.04 Å². The van der Waals surface area contributed by atoms with Gasteiger partial charge in [-0.25, -0.2) is 0 Å². The van der Waals surface area contributed by atoms with Crippen LogP contribution in [0.25, 0.3) is 0 Å². The van der Waals surface area contributed by atoms with E-state index in [1.54, 1.807) is 48.5 Å². The lowest BCUT2D eigenvalue weighted by molar-refractivity contribution is -0.118. The first-order valence-electron chi connectivity index (χ1n) is 5.91. The van der Waals surface area contributed by atoms with Crippen LogP contribution >= 0.6 is 11.6 Å². The molecule has 1 atom stereocenters. The standard InChI is InChI=1S/C15H12ClN3O/c16-12-4-6-13(7-5-12)19-14(15(18)20)11-3-1-2-10(8-11)9-17/h1-8,14,19H,(H2,18,20). The summed E-state index contributed by atoms with van der Waals surface area (Å²) in [7, 11) is 0. The van der Waals surface area contributed by atoms with Crippen LogP contribution in [0.5, 0.6) is 0 Å². The summed E-state index contributed by atoms with van der Waals surface area (Å²) < 4.78 is 0. The molecule has 100 valence electrons. The Morgan fingerprint density at radius 2 is 1.95 bits per heavy atom. The predicted octanol–water partition coefficient (Wildman–Crippen LogP) is 2.85. The number of nitrogens with zero attached hydrogens (tertiary/aromatic N) is 1. The quantitative estimate of drug-likeness (QED) is 0.906. The van der Waals surface area contributed by atoms with Gasteiger partial charge in [0.15, 0.2) is 0 Å². The zero-order chi connectivity index (χ0) is 14.5. The molecular formula is C15H12ClN3O. The molecule has 1 unspecified atom stereocenters. The van der Waals surface area contributed by atoms with Crippen LogP contribution in [0.3, 0.4) is 0 Å². The normalized spacial score (nSPS) is 11.4. The number of anilines is 1. The van der Waals surface area contributed by atoms with Crippen LogP contribution in [0, 0.1) is 11.3 Å². The Hall–Kier alpha value is -2.51. The number of nitriles is 1. The predicted molar refractivity (Wildman–Crippen MR) is 78.2 cm³/mol. The second kappa shape index (κ2) is 6.09. The molecule has 0 fully saturated rings. The highest BCUT2D eigenvalue weighted by Crippen LogP contribution is 2.21. The van der Waals surface area contributed by atoms with Gasteiger partial charge in [0.25, 0.3) is 0 Å². The average Bonchev–Trinajstić information content (AvgIpc) is 2.46. The van der Waals surface area contributed by atoms with Gasteiger partial charge in [-0.3, -0.25) is 4.79 Å². The zero-order valence-electron chi connectivity index (χ0n) is 10.5. The minimum absolute atomic E-state index is 0.478. The van der Waals surface area contributed by atoms with Crippen molar-refractivity contribution in [3.63, 3.8) is 0 Å². The molecule has 2 rings (SSSR count). The Kier molecular flexibility index (Phi) is 4.24. The Labute approximate surface area is 121 Å². The minimum Gasteiger partial charge on any atom is -0.370 e. The summed E-state index contributed by atoms with van der Waals surface area (Å²) in [5.41, 5.74) is 7.27. The molecule has 0 saturated carbocycles. The van der Waals surface area contributed by atoms with Crippen molar-refractivity contribution in [1.29, 1.82) is 5.26 Å². The van der Waals surface area contributed by atoms with E-state index in [4.69, 9.17) is 22.6 Å². The third kappa shape index (κ3) is 3.28. The molecule has 20 heavy (non-hydrogen) atoms. The van der Waals surface area contributed by atoms with Gasteiger partial charge in [0.2, 0.25) is 5.91 Å². The van der Waals surface area contributed by atoms with Crippen LogP contribution in [0.1, 0.15) is 17.2 Å². The highest BCUT2D eigenvalue weighted by molar-refractivity contribution is 6.30. The lowest BCUT2D eigenvalue weighted by atomic mass is 10.0. The van der Waals surface area contributed by atoms with Crippen LogP contribution in [-0.4, -0.2) is 5.91 Å². The SMILES string of the molecule is N#Cc1cccc(C(Nc2ccc(Cl)cc2)C(N)=O)c1. The summed E-state index contributed by atoms with van der Waals surface area (Å²) in [5, 5.41) is 12.5. The molecular weight excluding hydrogens is 274 g/mol. The van der Waals surface area contributed by atoms with Gasteiger partial charge >= 0.3 is 0 Å². The Morgan fingerprint density at radius 3 is 2.55 bits per heavy atom. The van der Waals surface area contributed by atoms with Gasteiger partial charge in [-0.15, -0.1) is 0 Å². The Bertz CT molecular complexity index is 662. The van der Waals surface area contributed by atoms with E-state index < -0.39 is 11.9 Å². The number of carbonyl (C=O) groups is 1. The highest BCUT2D eigenvalue weighted by Gasteiger charge is 2.17. The van der Waals surface area contributed by atoms with Crippen LogP contribution in [0.4, 0.5) is 5.69 Å². The Balaban J connectivity index is 2.29. The number of hydrogen-bond donors (Lipinski definition) is 2. The summed E-state index contributed by atoms with van der Waals surface area (Å²) in [4.78, 5) is 11.6. The van der Waals surface area contributed by atoms with Crippen molar-refractivity contribution in [2.24, 2.45) is 5.73 Å². The first-order valence-corrected chi connectivity index (χ1v) is 6.29. The maximum Gasteiger partial charge on any atom is 0.244 e. The highest BCUT2D eigenvalue weighted by atomic mass is 35.5. The van der Waals surface area contributed by atoms with E-state index in [1.807, 2.05) is 6.07 Å². The number of nitrogens with one attached hydrogen (secondary N) is 1. The van der Waals surface area contributed by atoms with E-state index in [-0.39, 0.29) is 0 Å². The summed E-state index contributed by atoms with van der Waals surface area (Å²) in [6.07, 6.45) is 0. The van der Waals surface area contributed by atoms with Gasteiger partial charge in [-0.1, -0.05) is 23.7 Å². The largest absolute Gasteiger partial charge is 0.370 e. The number of nitrogens with two attached hydrogens (primary N) is 1. The molecule has 4 nitrogen and oxygen atoms in total. The molecule has 0 spiro atoms. The molecule has 2 aromatic carbocycles. The van der Waals surface area contributed by atoms with Crippen molar-refractivity contribution < 1.29 is 4.79 Å². The maximum absolute atomic E-state index is 11.6. The molecule has 0 aromatic heterocycles. The number of amides is 1. The lowest BCUT2D eigenvalue weighted by Crippen LogP contribution is -2.27. The monoisotopic (exact) mass is 285 g/mol. The first-order chi connectivity index (χ1) is 9.60. The van der Waals surface area contributed by atoms with Gasteiger partial charge in [0.1, 0.15) is 6.04 Å². The van der Waals surface area contributed by atoms with Crippen molar-refractivity contribution in [2.75, 3.05) is 5.32 Å². The molecule has 0 heterocycles. The Morgan fingerprint density at radius 1 is 1.25 bits per heavy atom. The smallest absolute Gasteiger partial charge is 0.244 e. The minimum atomic E-state index is -0.704. The van der Waals surface area contributed by atoms with Crippen LogP contribution in [-0.2, 0) is 4.79 Å². The topological polar surface area (TPSA) is 78.9 Å². The van der Waals surface area contributed by atoms with E-state index >= 15 is 0 Å². The number of hydrogen-bond acceptors (Lipinski definition) is 3. The van der Waals surface area contributed by atoms with Gasteiger partial charge < -0.3 is 11.1 Å². The second-order valence-electron chi connectivity index (χ2n) is 4.22. The molecule has 0 aliphatic heterocycles. The molecule has 0 saturated heterocycles. The first kappa shape index (κ1) is 13.9. The number of benzene rings is 2. The third-order valence-corrected chi connectivity index (χ3v) is 3.04. The fourth-order valence-electron chi connectivity index (χ4n) is 1.82. The van der Waals surface area contributed by atoms with E-state index in [1.165, 1.54) is 0 Å². The van der Waals surface area contributed by atoms with Crippen LogP contribution in [0.15, 0.2) is 48.5 Å². The number of primary amides is 1. The van der Waals surface area contributed by atoms with E-state index in [0.717, 1.165) is 5.69 Å². The summed E-state index contributed by atoms with van der Waals surface area (Å²) in [5.74, 6) is -0.518. The average molecular weight is 286 g/mol. The number of carbonyl (C=O) groups excluding carboxylic acids is 1. The summed E-state index contributed by atoms with van der Waals surface area (Å²) in [6, 6.07) is 15.0. The molecule has 0 bridgehead atoms. The molecule has 0 aliphatic carbocycles. The van der Waals surface area contributed by atoms with E-state index in [9.17, 15) is 4.79 Å². The number of halogens is 1. The van der Waals surface area contributed by atoms with Crippen LogP contribution in [0.2, 0.25) is 5.02 Å². The van der Waals surface area contributed by atoms with Crippen LogP contribution < -0.4 is 11.1 Å².